The van der Waals surface area contributed by atoms with Gasteiger partial charge in [-0.2, -0.15) is 8.42 Å². The lowest BCUT2D eigenvalue weighted by Crippen LogP contribution is -2.50. The van der Waals surface area contributed by atoms with Gasteiger partial charge in [-0.1, -0.05) is 31.4 Å². The summed E-state index contributed by atoms with van der Waals surface area (Å²) in [6, 6.07) is 21.3. The largest absolute Gasteiger partial charge is 0.444 e. The van der Waals surface area contributed by atoms with Crippen molar-refractivity contribution < 1.29 is 109 Å². The molecule has 109 heavy (non-hydrogen) atoms. The van der Waals surface area contributed by atoms with Crippen molar-refractivity contribution in [2.75, 3.05) is 138 Å². The van der Waals surface area contributed by atoms with Crippen LogP contribution < -0.4 is 19.6 Å². The van der Waals surface area contributed by atoms with E-state index >= 15 is 0 Å². The third-order valence-electron chi connectivity index (χ3n) is 15.8. The molecule has 4 aliphatic rings. The first-order chi connectivity index (χ1) is 50.9. The number of halogens is 6. The second-order valence-electron chi connectivity index (χ2n) is 29.2. The molecule has 25 nitrogen and oxygen atoms in total. The quantitative estimate of drug-likeness (QED) is 0.0356. The van der Waals surface area contributed by atoms with Gasteiger partial charge in [-0.15, -0.1) is 0 Å². The maximum Gasteiger partial charge on any atom is 0.410 e. The van der Waals surface area contributed by atoms with Crippen molar-refractivity contribution in [2.45, 2.75) is 125 Å². The number of nitrogens with zero attached hydrogens (tertiary/aromatic N) is 8. The van der Waals surface area contributed by atoms with Crippen molar-refractivity contribution in [3.05, 3.63) is 179 Å². The van der Waals surface area contributed by atoms with E-state index in [0.29, 0.717) is 145 Å². The van der Waals surface area contributed by atoms with Crippen LogP contribution in [0.5, 0.6) is 0 Å². The SMILES string of the molecule is C=COC(=O)c1ccc(F)c(F)c1.C=COC(=O)c1ccc(N2CCN(C(=O)OC(C)(C)C)CC2)c(F)c1.CC(C)(C)OC(=O)N1CCN(c2ccc(CO)cc2F)CC1.CC(C)(C)OC(=O)N1CCN(c2ccc(COS(C)(=O)=O)cc2F)CC1.COCc1ccc(N2CCN(C(=O)OC(C)(C)C)CC2)c(F)c1.[HH].[HH]. The van der Waals surface area contributed by atoms with Crippen molar-refractivity contribution in [1.29, 1.82) is 0 Å². The second kappa shape index (κ2) is 40.6. The molecule has 4 amide bonds. The first-order valence-electron chi connectivity index (χ1n) is 35.0. The molecule has 0 bridgehead atoms. The number of hydrogen-bond acceptors (Lipinski definition) is 21. The van der Waals surface area contributed by atoms with Crippen molar-refractivity contribution >= 4 is 69.2 Å². The van der Waals surface area contributed by atoms with E-state index in [1.54, 1.807) is 57.0 Å². The van der Waals surface area contributed by atoms with E-state index in [1.807, 2.05) is 109 Å². The number of benzene rings is 5. The van der Waals surface area contributed by atoms with Gasteiger partial charge in [0.05, 0.1) is 72.5 Å². The molecule has 4 saturated heterocycles. The lowest BCUT2D eigenvalue weighted by molar-refractivity contribution is 0.0230. The van der Waals surface area contributed by atoms with E-state index in [9.17, 15) is 63.5 Å². The van der Waals surface area contributed by atoms with Gasteiger partial charge in [0, 0.05) is 115 Å². The summed E-state index contributed by atoms with van der Waals surface area (Å²) in [4.78, 5) is 84.7. The molecule has 0 unspecified atom stereocenters. The Kier molecular flexibility index (Phi) is 33.5. The molecule has 5 aromatic carbocycles. The van der Waals surface area contributed by atoms with E-state index in [-0.39, 0.29) is 63.2 Å². The Bertz CT molecular complexity index is 4040. The predicted molar refractivity (Wildman–Crippen MR) is 404 cm³/mol. The lowest BCUT2D eigenvalue weighted by atomic mass is 10.1. The molecule has 0 atom stereocenters. The second-order valence-corrected chi connectivity index (χ2v) is 30.8. The molecule has 0 radical (unpaired) electrons. The highest BCUT2D eigenvalue weighted by Gasteiger charge is 2.32. The molecule has 0 aliphatic carbocycles. The number of carbonyl (C=O) groups excluding carboxylic acids is 6. The molecular weight excluding hydrogens is 1450 g/mol. The van der Waals surface area contributed by atoms with Crippen LogP contribution in [-0.2, 0) is 67.3 Å². The first-order valence-corrected chi connectivity index (χ1v) is 36.8. The van der Waals surface area contributed by atoms with Crippen LogP contribution in [0, 0.1) is 34.9 Å². The molecule has 9 rings (SSSR count). The molecule has 32 heteroatoms. The van der Waals surface area contributed by atoms with Crippen molar-refractivity contribution in [1.82, 2.24) is 19.6 Å². The number of methoxy groups -OCH3 is 1. The first kappa shape index (κ1) is 89.8. The highest BCUT2D eigenvalue weighted by molar-refractivity contribution is 7.85. The van der Waals surface area contributed by atoms with Crippen LogP contribution in [0.3, 0.4) is 0 Å². The molecule has 4 aliphatic heterocycles. The molecule has 0 saturated carbocycles. The summed E-state index contributed by atoms with van der Waals surface area (Å²) in [6.07, 6.45) is 1.49. The summed E-state index contributed by atoms with van der Waals surface area (Å²) >= 11 is 0. The summed E-state index contributed by atoms with van der Waals surface area (Å²) in [5.74, 6) is -5.09. The van der Waals surface area contributed by atoms with Gasteiger partial charge in [0.1, 0.15) is 45.7 Å². The van der Waals surface area contributed by atoms with Gasteiger partial charge in [-0.25, -0.2) is 55.1 Å². The molecule has 4 fully saturated rings. The Labute approximate surface area is 637 Å². The Morgan fingerprint density at radius 3 is 0.927 bits per heavy atom. The Hall–Kier alpha value is -9.79. The lowest BCUT2D eigenvalue weighted by Gasteiger charge is -2.36. The minimum absolute atomic E-state index is 0. The van der Waals surface area contributed by atoms with Gasteiger partial charge in [0.25, 0.3) is 10.1 Å². The fraction of sp³-hybridized carbons (Fsp3) is 0.481. The zero-order valence-electron chi connectivity index (χ0n) is 64.4. The maximum atomic E-state index is 14.4. The molecule has 604 valence electrons. The summed E-state index contributed by atoms with van der Waals surface area (Å²) in [7, 11) is -1.99. The third kappa shape index (κ3) is 30.7. The number of amides is 4. The fourth-order valence-electron chi connectivity index (χ4n) is 10.7. The molecule has 4 heterocycles. The van der Waals surface area contributed by atoms with Crippen LogP contribution in [0.25, 0.3) is 0 Å². The van der Waals surface area contributed by atoms with E-state index in [0.717, 1.165) is 48.6 Å². The van der Waals surface area contributed by atoms with Crippen LogP contribution >= 0.6 is 0 Å². The number of aliphatic hydroxyl groups is 1. The van der Waals surface area contributed by atoms with Gasteiger partial charge >= 0.3 is 36.3 Å². The Morgan fingerprint density at radius 2 is 0.670 bits per heavy atom. The van der Waals surface area contributed by atoms with E-state index in [4.69, 9.17) is 28.8 Å². The number of rotatable bonds is 14. The number of aliphatic hydroxyl groups excluding tert-OH is 1. The monoisotopic (exact) mass is 1560 g/mol. The highest BCUT2D eigenvalue weighted by atomic mass is 32.2. The van der Waals surface area contributed by atoms with Gasteiger partial charge < -0.3 is 77.5 Å². The van der Waals surface area contributed by atoms with E-state index < -0.39 is 67.7 Å². The van der Waals surface area contributed by atoms with Crippen molar-refractivity contribution in [3.63, 3.8) is 0 Å². The minimum atomic E-state index is -3.58. The molecule has 0 spiro atoms. The van der Waals surface area contributed by atoms with Gasteiger partial charge in [0.2, 0.25) is 0 Å². The number of esters is 2. The number of ether oxygens (including phenoxy) is 7. The van der Waals surface area contributed by atoms with Gasteiger partial charge in [-0.05, 0) is 173 Å². The zero-order valence-corrected chi connectivity index (χ0v) is 65.2. The average molecular weight is 1560 g/mol. The summed E-state index contributed by atoms with van der Waals surface area (Å²) in [5, 5.41) is 9.01. The van der Waals surface area contributed by atoms with E-state index in [1.165, 1.54) is 30.3 Å². The summed E-state index contributed by atoms with van der Waals surface area (Å²) in [5.41, 5.74) is 1.61. The minimum Gasteiger partial charge on any atom is -0.444 e. The topological polar surface area (TPSA) is 257 Å². The van der Waals surface area contributed by atoms with Crippen LogP contribution in [0.2, 0.25) is 0 Å². The van der Waals surface area contributed by atoms with Crippen LogP contribution in [0.4, 0.5) is 68.3 Å². The molecule has 1 N–H and O–H groups in total. The van der Waals surface area contributed by atoms with Gasteiger partial charge in [0.15, 0.2) is 11.6 Å². The van der Waals surface area contributed by atoms with Crippen molar-refractivity contribution in [2.24, 2.45) is 0 Å². The normalized spacial score (nSPS) is 14.8. The molecule has 0 aromatic heterocycles. The van der Waals surface area contributed by atoms with E-state index in [2.05, 4.69) is 26.8 Å². The third-order valence-corrected chi connectivity index (χ3v) is 16.3. The summed E-state index contributed by atoms with van der Waals surface area (Å²) in [6.45, 7) is 36.3. The molecular formula is C77H106F6N8O17S. The highest BCUT2D eigenvalue weighted by Crippen LogP contribution is 2.29. The fourth-order valence-corrected chi connectivity index (χ4v) is 11.0. The zero-order chi connectivity index (χ0) is 81.4. The van der Waals surface area contributed by atoms with Crippen LogP contribution in [0.15, 0.2) is 117 Å². The number of carbonyl (C=O) groups is 6. The van der Waals surface area contributed by atoms with Crippen LogP contribution in [0.1, 0.15) is 123 Å². The van der Waals surface area contributed by atoms with Crippen molar-refractivity contribution in [3.8, 4) is 0 Å². The smallest absolute Gasteiger partial charge is 0.410 e. The van der Waals surface area contributed by atoms with Gasteiger partial charge in [-0.3, -0.25) is 4.18 Å². The Balaban J connectivity index is 0.000000363. The average Bonchev–Trinajstić information content (AvgIpc) is 0.836. The predicted octanol–water partition coefficient (Wildman–Crippen LogP) is 13.7. The number of piperazine rings is 4. The molecule has 5 aromatic rings. The standard InChI is InChI=1S/C18H23FN2O4.C17H25FN2O5S.C17H25FN2O3.C16H23FN2O3.C9H6F2O2.2H2/c1-5-24-16(22)13-6-7-15(14(19)12-13)20-8-10-21(11-9-20)17(23)25-18(2,3)4;1-17(2,3)25-16(21)20-9-7-19(8-10-20)15-6-5-13(11-14(15)18)12-24-26(4,22)23;1-17(2,3)23-16(21)20-9-7-19(8-10-20)15-6-5-13(12-22-4)11-14(15)18;1-16(2,3)22-15(21)19-8-6-18(7-9-19)14-5-4-12(11-20)10-13(14)17;1-2-13-9(12)6-3-4-7(10)8(11)5-6;;/h5-7,12H,1,8-11H2,2-4H3;5-6,11H,7-10,12H2,1-4H3;5-6,11H,7-10,12H2,1-4H3;4-5,10,20H,6-9,11H2,1-3H3;2-5H,1H2;2*1H. The number of hydrogen-bond donors (Lipinski definition) is 1. The number of anilines is 4. The maximum absolute atomic E-state index is 14.4. The summed E-state index contributed by atoms with van der Waals surface area (Å²) < 4.78 is 144. The van der Waals surface area contributed by atoms with Crippen LogP contribution in [-0.4, -0.2) is 210 Å². The Morgan fingerprint density at radius 1 is 0.404 bits per heavy atom.